The molecule has 0 bridgehead atoms. The maximum Gasteiger partial charge on any atom is 0.255 e. The third kappa shape index (κ3) is 4.52. The number of anilines is 1. The molecule has 8 heteroatoms. The molecule has 1 saturated heterocycles. The van der Waals surface area contributed by atoms with Crippen molar-refractivity contribution in [1.82, 2.24) is 19.8 Å². The minimum atomic E-state index is -0.237. The van der Waals surface area contributed by atoms with Gasteiger partial charge in [0.1, 0.15) is 11.6 Å². The summed E-state index contributed by atoms with van der Waals surface area (Å²) in [6.45, 7) is 3.66. The normalized spacial score (nSPS) is 16.5. The Bertz CT molecular complexity index is 1200. The number of para-hydroxylation sites is 1. The van der Waals surface area contributed by atoms with Gasteiger partial charge in [0.05, 0.1) is 23.5 Å². The lowest BCUT2D eigenvalue weighted by atomic mass is 10.1. The van der Waals surface area contributed by atoms with Crippen LogP contribution in [0, 0.1) is 5.82 Å². The van der Waals surface area contributed by atoms with Crippen LogP contribution in [0.25, 0.3) is 11.4 Å². The minimum absolute atomic E-state index is 0.0388. The zero-order chi connectivity index (χ0) is 22.8. The van der Waals surface area contributed by atoms with Crippen LogP contribution in [0.2, 0.25) is 0 Å². The first kappa shape index (κ1) is 21.3. The van der Waals surface area contributed by atoms with Gasteiger partial charge in [-0.2, -0.15) is 0 Å². The lowest BCUT2D eigenvalue weighted by Crippen LogP contribution is -2.52. The summed E-state index contributed by atoms with van der Waals surface area (Å²) in [6.07, 6.45) is 0.632. The number of carbonyl (C=O) groups is 1. The highest BCUT2D eigenvalue weighted by molar-refractivity contribution is 5.78. The predicted molar refractivity (Wildman–Crippen MR) is 124 cm³/mol. The Morgan fingerprint density at radius 2 is 1.70 bits per heavy atom. The van der Waals surface area contributed by atoms with Crippen LogP contribution >= 0.6 is 0 Å². The number of piperazine rings is 1. The summed E-state index contributed by atoms with van der Waals surface area (Å²) < 4.78 is 14.1. The van der Waals surface area contributed by atoms with Gasteiger partial charge in [-0.3, -0.25) is 14.5 Å². The summed E-state index contributed by atoms with van der Waals surface area (Å²) in [5.41, 5.74) is 2.76. The van der Waals surface area contributed by atoms with Crippen molar-refractivity contribution in [1.29, 1.82) is 0 Å². The first-order chi connectivity index (χ1) is 16.1. The molecule has 0 unspecified atom stereocenters. The monoisotopic (exact) mass is 447 g/mol. The van der Waals surface area contributed by atoms with Gasteiger partial charge in [0.25, 0.3) is 5.56 Å². The highest BCUT2D eigenvalue weighted by Crippen LogP contribution is 2.21. The molecule has 2 aliphatic heterocycles. The van der Waals surface area contributed by atoms with Gasteiger partial charge in [-0.1, -0.05) is 42.5 Å². The Kier molecular flexibility index (Phi) is 5.92. The number of amides is 1. The van der Waals surface area contributed by atoms with Crippen LogP contribution in [-0.2, 0) is 17.8 Å². The van der Waals surface area contributed by atoms with Crippen molar-refractivity contribution in [3.8, 4) is 11.4 Å². The molecule has 5 rings (SSSR count). The van der Waals surface area contributed by atoms with Gasteiger partial charge in [-0.15, -0.1) is 0 Å². The Labute approximate surface area is 191 Å². The summed E-state index contributed by atoms with van der Waals surface area (Å²) in [5, 5.41) is 0. The molecule has 170 valence electrons. The highest BCUT2D eigenvalue weighted by Gasteiger charge is 2.27. The Hall–Kier alpha value is -3.52. The summed E-state index contributed by atoms with van der Waals surface area (Å²) in [6, 6.07) is 16.3. The van der Waals surface area contributed by atoms with E-state index in [9.17, 15) is 14.0 Å². The second kappa shape index (κ2) is 9.15. The summed E-state index contributed by atoms with van der Waals surface area (Å²) in [4.78, 5) is 39.0. The number of hydrogen-bond acceptors (Lipinski definition) is 5. The number of nitrogens with one attached hydrogen (secondary N) is 1. The van der Waals surface area contributed by atoms with E-state index in [-0.39, 0.29) is 23.8 Å². The van der Waals surface area contributed by atoms with Gasteiger partial charge in [0.2, 0.25) is 5.91 Å². The lowest BCUT2D eigenvalue weighted by Gasteiger charge is -2.37. The molecule has 3 aromatic rings. The molecule has 1 fully saturated rings. The molecule has 2 aliphatic rings. The molecule has 33 heavy (non-hydrogen) atoms. The SMILES string of the molecule is O=C(CN1CCc2nc(-c3ccccc3)[nH]c(=O)c2C1)N1CCN(c2ccccc2F)CC1. The number of halogens is 1. The average molecular weight is 448 g/mol. The highest BCUT2D eigenvalue weighted by atomic mass is 19.1. The van der Waals surface area contributed by atoms with Crippen molar-refractivity contribution in [2.24, 2.45) is 0 Å². The molecule has 3 heterocycles. The van der Waals surface area contributed by atoms with Gasteiger partial charge in [-0.25, -0.2) is 9.37 Å². The fourth-order valence-corrected chi connectivity index (χ4v) is 4.54. The fraction of sp³-hybridized carbons (Fsp3) is 0.320. The molecular weight excluding hydrogens is 421 g/mol. The van der Waals surface area contributed by atoms with Crippen molar-refractivity contribution < 1.29 is 9.18 Å². The Balaban J connectivity index is 1.20. The third-order valence-corrected chi connectivity index (χ3v) is 6.38. The van der Waals surface area contributed by atoms with Gasteiger partial charge >= 0.3 is 0 Å². The van der Waals surface area contributed by atoms with Crippen LogP contribution < -0.4 is 10.5 Å². The van der Waals surface area contributed by atoms with E-state index in [0.717, 1.165) is 11.3 Å². The molecule has 0 atom stereocenters. The number of fused-ring (bicyclic) bond motifs is 1. The molecule has 2 aromatic carbocycles. The molecule has 0 spiro atoms. The standard InChI is InChI=1S/C25H26FN5O2/c26-20-8-4-5-9-22(20)30-12-14-31(15-13-30)23(32)17-29-11-10-21-19(16-29)25(33)28-24(27-21)18-6-2-1-3-7-18/h1-9H,10-17H2,(H,27,28,33). The zero-order valence-electron chi connectivity index (χ0n) is 18.3. The second-order valence-corrected chi connectivity index (χ2v) is 8.49. The van der Waals surface area contributed by atoms with Crippen molar-refractivity contribution >= 4 is 11.6 Å². The van der Waals surface area contributed by atoms with E-state index in [2.05, 4.69) is 9.97 Å². The van der Waals surface area contributed by atoms with Gasteiger partial charge < -0.3 is 14.8 Å². The van der Waals surface area contributed by atoms with Crippen molar-refractivity contribution in [3.05, 3.63) is 82.0 Å². The Morgan fingerprint density at radius 3 is 2.45 bits per heavy atom. The van der Waals surface area contributed by atoms with Crippen LogP contribution in [0.5, 0.6) is 0 Å². The first-order valence-electron chi connectivity index (χ1n) is 11.3. The second-order valence-electron chi connectivity index (χ2n) is 8.49. The quantitative estimate of drug-likeness (QED) is 0.665. The van der Waals surface area contributed by atoms with Crippen LogP contribution in [0.1, 0.15) is 11.3 Å². The van der Waals surface area contributed by atoms with E-state index < -0.39 is 0 Å². The summed E-state index contributed by atoms with van der Waals surface area (Å²) in [7, 11) is 0. The van der Waals surface area contributed by atoms with Crippen LogP contribution in [-0.4, -0.2) is 64.9 Å². The van der Waals surface area contributed by atoms with E-state index in [1.807, 2.05) is 51.1 Å². The predicted octanol–water partition coefficient (Wildman–Crippen LogP) is 2.28. The van der Waals surface area contributed by atoms with E-state index in [1.165, 1.54) is 6.07 Å². The maximum absolute atomic E-state index is 14.1. The van der Waals surface area contributed by atoms with Crippen LogP contribution in [0.15, 0.2) is 59.4 Å². The largest absolute Gasteiger partial charge is 0.366 e. The number of benzene rings is 2. The van der Waals surface area contributed by atoms with Crippen LogP contribution in [0.4, 0.5) is 10.1 Å². The molecule has 0 aliphatic carbocycles. The number of hydrogen-bond donors (Lipinski definition) is 1. The number of nitrogens with zero attached hydrogens (tertiary/aromatic N) is 4. The molecule has 7 nitrogen and oxygen atoms in total. The smallest absolute Gasteiger partial charge is 0.255 e. The number of H-pyrrole nitrogens is 1. The fourth-order valence-electron chi connectivity index (χ4n) is 4.54. The minimum Gasteiger partial charge on any atom is -0.366 e. The van der Waals surface area contributed by atoms with E-state index in [1.54, 1.807) is 12.1 Å². The number of carbonyl (C=O) groups excluding carboxylic acids is 1. The van der Waals surface area contributed by atoms with Crippen LogP contribution in [0.3, 0.4) is 0 Å². The van der Waals surface area contributed by atoms with E-state index in [0.29, 0.717) is 62.8 Å². The van der Waals surface area contributed by atoms with Gasteiger partial charge in [-0.05, 0) is 12.1 Å². The average Bonchev–Trinajstić information content (AvgIpc) is 2.85. The zero-order valence-corrected chi connectivity index (χ0v) is 18.3. The number of aromatic amines is 1. The molecule has 1 N–H and O–H groups in total. The van der Waals surface area contributed by atoms with Crippen molar-refractivity contribution in [3.63, 3.8) is 0 Å². The molecule has 0 radical (unpaired) electrons. The summed E-state index contributed by atoms with van der Waals surface area (Å²) in [5.74, 6) is 0.382. The molecule has 1 aromatic heterocycles. The first-order valence-corrected chi connectivity index (χ1v) is 11.3. The number of rotatable bonds is 4. The molecule has 1 amide bonds. The topological polar surface area (TPSA) is 72.5 Å². The van der Waals surface area contributed by atoms with Crippen molar-refractivity contribution in [2.45, 2.75) is 13.0 Å². The maximum atomic E-state index is 14.1. The lowest BCUT2D eigenvalue weighted by molar-refractivity contribution is -0.133. The van der Waals surface area contributed by atoms with Crippen molar-refractivity contribution in [2.75, 3.05) is 44.2 Å². The third-order valence-electron chi connectivity index (χ3n) is 6.38. The van der Waals surface area contributed by atoms with Gasteiger partial charge in [0.15, 0.2) is 0 Å². The van der Waals surface area contributed by atoms with E-state index >= 15 is 0 Å². The Morgan fingerprint density at radius 1 is 0.970 bits per heavy atom. The summed E-state index contributed by atoms with van der Waals surface area (Å²) >= 11 is 0. The number of aromatic nitrogens is 2. The molecular formula is C25H26FN5O2. The van der Waals surface area contributed by atoms with E-state index in [4.69, 9.17) is 0 Å². The molecule has 0 saturated carbocycles. The van der Waals surface area contributed by atoms with Gasteiger partial charge in [0, 0.05) is 51.3 Å².